The van der Waals surface area contributed by atoms with Crippen LogP contribution < -0.4 is 5.32 Å². The molecule has 1 atom stereocenters. The molecule has 0 amide bonds. The van der Waals surface area contributed by atoms with Gasteiger partial charge in [0.15, 0.2) is 5.96 Å². The number of aryl methyl sites for hydroxylation is 1. The van der Waals surface area contributed by atoms with E-state index in [0.717, 1.165) is 32.2 Å². The number of nitrogens with one attached hydrogen (secondary N) is 1. The fourth-order valence-electron chi connectivity index (χ4n) is 2.58. The van der Waals surface area contributed by atoms with E-state index in [4.69, 9.17) is 4.74 Å². The lowest BCUT2D eigenvalue weighted by Crippen LogP contribution is -2.40. The van der Waals surface area contributed by atoms with Crippen molar-refractivity contribution in [1.82, 2.24) is 14.8 Å². The Morgan fingerprint density at radius 2 is 2.42 bits per heavy atom. The minimum Gasteiger partial charge on any atom is -0.384 e. The zero-order valence-electron chi connectivity index (χ0n) is 12.1. The van der Waals surface area contributed by atoms with E-state index in [1.165, 1.54) is 12.1 Å². The van der Waals surface area contributed by atoms with Gasteiger partial charge in [0.1, 0.15) is 0 Å². The van der Waals surface area contributed by atoms with Gasteiger partial charge in [0, 0.05) is 52.1 Å². The fourth-order valence-corrected chi connectivity index (χ4v) is 2.58. The summed E-state index contributed by atoms with van der Waals surface area (Å²) < 4.78 is 7.35. The van der Waals surface area contributed by atoms with Crippen molar-refractivity contribution >= 4 is 5.96 Å². The van der Waals surface area contributed by atoms with Gasteiger partial charge in [0.05, 0.1) is 13.2 Å². The van der Waals surface area contributed by atoms with Gasteiger partial charge in [-0.2, -0.15) is 0 Å². The van der Waals surface area contributed by atoms with Gasteiger partial charge in [-0.3, -0.25) is 4.99 Å². The number of nitrogens with zero attached hydrogens (tertiary/aromatic N) is 3. The summed E-state index contributed by atoms with van der Waals surface area (Å²) in [6.07, 6.45) is 3.24. The van der Waals surface area contributed by atoms with Crippen LogP contribution in [0.4, 0.5) is 0 Å². The molecule has 1 saturated heterocycles. The summed E-state index contributed by atoms with van der Waals surface area (Å²) in [6.45, 7) is 3.73. The summed E-state index contributed by atoms with van der Waals surface area (Å²) in [4.78, 5) is 6.69. The van der Waals surface area contributed by atoms with Crippen LogP contribution in [0, 0.1) is 5.92 Å². The zero-order chi connectivity index (χ0) is 13.7. The second-order valence-corrected chi connectivity index (χ2v) is 5.07. The molecule has 2 heterocycles. The van der Waals surface area contributed by atoms with Crippen molar-refractivity contribution in [2.24, 2.45) is 18.0 Å². The Morgan fingerprint density at radius 3 is 3.05 bits per heavy atom. The molecular formula is C14H24N4O. The van der Waals surface area contributed by atoms with Crippen LogP contribution in [0.5, 0.6) is 0 Å². The molecule has 19 heavy (non-hydrogen) atoms. The maximum atomic E-state index is 5.23. The number of aromatic nitrogens is 1. The van der Waals surface area contributed by atoms with Crippen LogP contribution in [0.25, 0.3) is 0 Å². The number of rotatable bonds is 4. The third-order valence-corrected chi connectivity index (χ3v) is 3.68. The van der Waals surface area contributed by atoms with Gasteiger partial charge in [-0.1, -0.05) is 0 Å². The highest BCUT2D eigenvalue weighted by Crippen LogP contribution is 2.16. The maximum absolute atomic E-state index is 5.23. The Bertz CT molecular complexity index is 427. The smallest absolute Gasteiger partial charge is 0.193 e. The highest BCUT2D eigenvalue weighted by molar-refractivity contribution is 5.80. The molecule has 5 heteroatoms. The van der Waals surface area contributed by atoms with E-state index in [0.29, 0.717) is 5.92 Å². The monoisotopic (exact) mass is 264 g/mol. The van der Waals surface area contributed by atoms with Gasteiger partial charge >= 0.3 is 0 Å². The number of aliphatic imine (C=N–C) groups is 1. The topological polar surface area (TPSA) is 41.8 Å². The third-order valence-electron chi connectivity index (χ3n) is 3.68. The Kier molecular flexibility index (Phi) is 4.85. The molecule has 1 fully saturated rings. The minimum absolute atomic E-state index is 0.624. The minimum atomic E-state index is 0.624. The molecule has 5 nitrogen and oxygen atoms in total. The molecule has 0 spiro atoms. The van der Waals surface area contributed by atoms with Crippen molar-refractivity contribution in [3.05, 3.63) is 24.0 Å². The number of methoxy groups -OCH3 is 1. The van der Waals surface area contributed by atoms with Crippen LogP contribution in [0.1, 0.15) is 12.1 Å². The van der Waals surface area contributed by atoms with Crippen LogP contribution in [-0.2, 0) is 18.3 Å². The van der Waals surface area contributed by atoms with E-state index in [9.17, 15) is 0 Å². The zero-order valence-corrected chi connectivity index (χ0v) is 12.1. The molecule has 0 radical (unpaired) electrons. The largest absolute Gasteiger partial charge is 0.384 e. The van der Waals surface area contributed by atoms with E-state index in [1.807, 2.05) is 7.05 Å². The van der Waals surface area contributed by atoms with Crippen molar-refractivity contribution in [3.8, 4) is 0 Å². The van der Waals surface area contributed by atoms with Crippen LogP contribution in [0.3, 0.4) is 0 Å². The highest BCUT2D eigenvalue weighted by Gasteiger charge is 2.24. The average Bonchev–Trinajstić information content (AvgIpc) is 3.01. The third kappa shape index (κ3) is 3.50. The Balaban J connectivity index is 1.86. The second-order valence-electron chi connectivity index (χ2n) is 5.07. The van der Waals surface area contributed by atoms with Crippen molar-refractivity contribution in [1.29, 1.82) is 0 Å². The van der Waals surface area contributed by atoms with Crippen LogP contribution in [0.15, 0.2) is 23.3 Å². The predicted molar refractivity (Wildman–Crippen MR) is 77.2 cm³/mol. The lowest BCUT2D eigenvalue weighted by atomic mass is 10.1. The van der Waals surface area contributed by atoms with Gasteiger partial charge in [0.2, 0.25) is 0 Å². The molecule has 1 N–H and O–H groups in total. The Labute approximate surface area is 115 Å². The number of likely N-dealkylation sites (tertiary alicyclic amines) is 1. The van der Waals surface area contributed by atoms with E-state index in [1.54, 1.807) is 7.11 Å². The molecule has 1 unspecified atom stereocenters. The molecule has 0 saturated carbocycles. The van der Waals surface area contributed by atoms with Crippen LogP contribution in [-0.4, -0.2) is 49.3 Å². The standard InChI is InChI=1S/C14H24N4O/c1-15-14(16-9-13-5-4-7-17(13)2)18-8-6-12(10-18)11-19-3/h4-5,7,12H,6,8-11H2,1-3H3,(H,15,16). The van der Waals surface area contributed by atoms with Gasteiger partial charge in [-0.05, 0) is 18.6 Å². The van der Waals surface area contributed by atoms with Crippen LogP contribution in [0.2, 0.25) is 0 Å². The van der Waals surface area contributed by atoms with E-state index < -0.39 is 0 Å². The second kappa shape index (κ2) is 6.61. The normalized spacial score (nSPS) is 20.1. The molecule has 1 aromatic heterocycles. The molecule has 1 aliphatic rings. The van der Waals surface area contributed by atoms with Crippen LogP contribution >= 0.6 is 0 Å². The lowest BCUT2D eigenvalue weighted by Gasteiger charge is -2.21. The van der Waals surface area contributed by atoms with E-state index in [2.05, 4.69) is 45.2 Å². The summed E-state index contributed by atoms with van der Waals surface area (Å²) in [6, 6.07) is 4.18. The molecule has 1 aliphatic heterocycles. The van der Waals surface area contributed by atoms with E-state index >= 15 is 0 Å². The molecule has 1 aromatic rings. The molecule has 2 rings (SSSR count). The molecule has 106 valence electrons. The maximum Gasteiger partial charge on any atom is 0.193 e. The molecule has 0 aliphatic carbocycles. The van der Waals surface area contributed by atoms with Crippen molar-refractivity contribution in [2.75, 3.05) is 33.9 Å². The summed E-state index contributed by atoms with van der Waals surface area (Å²) in [5.74, 6) is 1.61. The number of hydrogen-bond acceptors (Lipinski definition) is 2. The number of ether oxygens (including phenoxy) is 1. The van der Waals surface area contributed by atoms with Crippen molar-refractivity contribution < 1.29 is 4.74 Å². The fraction of sp³-hybridized carbons (Fsp3) is 0.643. The molecular weight excluding hydrogens is 240 g/mol. The Morgan fingerprint density at radius 1 is 1.58 bits per heavy atom. The Hall–Kier alpha value is -1.49. The average molecular weight is 264 g/mol. The predicted octanol–water partition coefficient (Wildman–Crippen LogP) is 1.07. The van der Waals surface area contributed by atoms with Gasteiger partial charge in [0.25, 0.3) is 0 Å². The summed E-state index contributed by atoms with van der Waals surface area (Å²) >= 11 is 0. The van der Waals surface area contributed by atoms with Crippen molar-refractivity contribution in [2.45, 2.75) is 13.0 Å². The molecule has 0 bridgehead atoms. The van der Waals surface area contributed by atoms with Gasteiger partial charge in [-0.15, -0.1) is 0 Å². The summed E-state index contributed by atoms with van der Waals surface area (Å²) in [7, 11) is 5.67. The number of hydrogen-bond donors (Lipinski definition) is 1. The lowest BCUT2D eigenvalue weighted by molar-refractivity contribution is 0.157. The first-order chi connectivity index (χ1) is 9.24. The first-order valence-corrected chi connectivity index (χ1v) is 6.79. The summed E-state index contributed by atoms with van der Waals surface area (Å²) in [5, 5.41) is 3.43. The number of guanidine groups is 1. The first kappa shape index (κ1) is 13.9. The van der Waals surface area contributed by atoms with Gasteiger partial charge < -0.3 is 19.5 Å². The molecule has 0 aromatic carbocycles. The SMILES string of the molecule is CN=C(NCc1cccn1C)N1CCC(COC)C1. The quantitative estimate of drug-likeness (QED) is 0.653. The van der Waals surface area contributed by atoms with Gasteiger partial charge in [-0.25, -0.2) is 0 Å². The highest BCUT2D eigenvalue weighted by atomic mass is 16.5. The van der Waals surface area contributed by atoms with Crippen molar-refractivity contribution in [3.63, 3.8) is 0 Å². The first-order valence-electron chi connectivity index (χ1n) is 6.79. The van der Waals surface area contributed by atoms with E-state index in [-0.39, 0.29) is 0 Å². The summed E-state index contributed by atoms with van der Waals surface area (Å²) in [5.41, 5.74) is 1.26.